The van der Waals surface area contributed by atoms with E-state index in [4.69, 9.17) is 5.73 Å². The monoisotopic (exact) mass is 342 g/mol. The molecule has 3 unspecified atom stereocenters. The Bertz CT molecular complexity index is 672. The fraction of sp³-hybridized carbons (Fsp3) is 0.526. The Morgan fingerprint density at radius 2 is 2.16 bits per heavy atom. The number of aliphatic hydroxyl groups excluding tert-OH is 1. The molecule has 1 aromatic rings. The molecule has 4 rings (SSSR count). The third-order valence-electron chi connectivity index (χ3n) is 5.78. The molecule has 3 heterocycles. The predicted octanol–water partition coefficient (Wildman–Crippen LogP) is 0.827. The molecule has 2 fully saturated rings. The predicted molar refractivity (Wildman–Crippen MR) is 95.2 cm³/mol. The number of piperidine rings is 1. The second-order valence-corrected chi connectivity index (χ2v) is 7.34. The number of rotatable bonds is 4. The van der Waals surface area contributed by atoms with Gasteiger partial charge in [0.25, 0.3) is 0 Å². The minimum atomic E-state index is -0.989. The lowest BCUT2D eigenvalue weighted by Crippen LogP contribution is -2.46. The van der Waals surface area contributed by atoms with Gasteiger partial charge >= 0.3 is 0 Å². The van der Waals surface area contributed by atoms with Crippen LogP contribution in [0.2, 0.25) is 0 Å². The average Bonchev–Trinajstić information content (AvgIpc) is 3.24. The fourth-order valence-electron chi connectivity index (χ4n) is 4.41. The Morgan fingerprint density at radius 1 is 1.36 bits per heavy atom. The minimum Gasteiger partial charge on any atom is -0.378 e. The van der Waals surface area contributed by atoms with Crippen LogP contribution in [0.4, 0.5) is 0 Å². The van der Waals surface area contributed by atoms with Crippen LogP contribution in [0, 0.1) is 11.8 Å². The Labute approximate surface area is 148 Å². The topological polar surface area (TPSA) is 85.6 Å². The second-order valence-electron chi connectivity index (χ2n) is 7.34. The lowest BCUT2D eigenvalue weighted by molar-refractivity contribution is -0.135. The molecule has 3 aliphatic rings. The smallest absolute Gasteiger partial charge is 0.231 e. The zero-order chi connectivity index (χ0) is 17.4. The largest absolute Gasteiger partial charge is 0.378 e. The van der Waals surface area contributed by atoms with Crippen LogP contribution in [0.1, 0.15) is 18.5 Å². The number of likely N-dealkylation sites (tertiary alicyclic amines) is 2. The van der Waals surface area contributed by atoms with Gasteiger partial charge < -0.3 is 20.7 Å². The highest BCUT2D eigenvalue weighted by atomic mass is 16.3. The van der Waals surface area contributed by atoms with E-state index in [-0.39, 0.29) is 23.8 Å². The van der Waals surface area contributed by atoms with Crippen molar-refractivity contribution >= 4 is 5.91 Å². The first kappa shape index (κ1) is 16.6. The summed E-state index contributed by atoms with van der Waals surface area (Å²) >= 11 is 0. The number of allylic oxidation sites excluding steroid dienone is 2. The molecule has 1 amide bonds. The van der Waals surface area contributed by atoms with E-state index in [1.54, 1.807) is 0 Å². The van der Waals surface area contributed by atoms with E-state index in [1.807, 2.05) is 35.4 Å². The van der Waals surface area contributed by atoms with Crippen LogP contribution < -0.4 is 5.73 Å². The van der Waals surface area contributed by atoms with Gasteiger partial charge in [-0.3, -0.25) is 9.69 Å². The molecule has 1 aromatic heterocycles. The third-order valence-corrected chi connectivity index (χ3v) is 5.78. The highest BCUT2D eigenvalue weighted by Gasteiger charge is 2.45. The van der Waals surface area contributed by atoms with Crippen LogP contribution in [0.15, 0.2) is 42.1 Å². The lowest BCUT2D eigenvalue weighted by atomic mass is 9.83. The summed E-state index contributed by atoms with van der Waals surface area (Å²) in [7, 11) is 0. The van der Waals surface area contributed by atoms with Crippen molar-refractivity contribution in [2.24, 2.45) is 17.6 Å². The van der Waals surface area contributed by atoms with Gasteiger partial charge in [-0.1, -0.05) is 18.2 Å². The molecule has 0 bridgehead atoms. The average molecular weight is 342 g/mol. The molecule has 2 aliphatic heterocycles. The first-order valence-electron chi connectivity index (χ1n) is 9.09. The molecule has 1 aliphatic carbocycles. The highest BCUT2D eigenvalue weighted by molar-refractivity contribution is 5.87. The number of aromatic amines is 1. The first-order valence-corrected chi connectivity index (χ1v) is 9.09. The van der Waals surface area contributed by atoms with E-state index in [0.29, 0.717) is 6.54 Å². The van der Waals surface area contributed by atoms with Crippen molar-refractivity contribution in [3.05, 3.63) is 47.8 Å². The van der Waals surface area contributed by atoms with Gasteiger partial charge in [0, 0.05) is 50.0 Å². The third kappa shape index (κ3) is 3.17. The van der Waals surface area contributed by atoms with Gasteiger partial charge in [0.2, 0.25) is 5.91 Å². The summed E-state index contributed by atoms with van der Waals surface area (Å²) in [6, 6.07) is 4.42. The molecule has 0 saturated carbocycles. The molecule has 25 heavy (non-hydrogen) atoms. The summed E-state index contributed by atoms with van der Waals surface area (Å²) in [6.07, 6.45) is 8.75. The number of fused-ring (bicyclic) bond motifs is 1. The van der Waals surface area contributed by atoms with E-state index in [0.717, 1.165) is 38.0 Å². The van der Waals surface area contributed by atoms with E-state index in [9.17, 15) is 9.90 Å². The van der Waals surface area contributed by atoms with Gasteiger partial charge in [0.15, 0.2) is 0 Å². The molecule has 134 valence electrons. The zero-order valence-electron chi connectivity index (χ0n) is 14.3. The van der Waals surface area contributed by atoms with Crippen LogP contribution in [0.25, 0.3) is 0 Å². The van der Waals surface area contributed by atoms with Crippen LogP contribution >= 0.6 is 0 Å². The highest BCUT2D eigenvalue weighted by Crippen LogP contribution is 2.37. The van der Waals surface area contributed by atoms with Gasteiger partial charge in [-0.15, -0.1) is 0 Å². The normalized spacial score (nSPS) is 29.0. The Balaban J connectivity index is 1.38. The maximum atomic E-state index is 13.0. The maximum absolute atomic E-state index is 13.0. The van der Waals surface area contributed by atoms with Crippen LogP contribution in [0.3, 0.4) is 0 Å². The quantitative estimate of drug-likeness (QED) is 0.708. The number of carbonyl (C=O) groups is 1. The molecule has 6 heteroatoms. The number of nitrogens with zero attached hydrogens (tertiary/aromatic N) is 2. The lowest BCUT2D eigenvalue weighted by Gasteiger charge is -2.36. The Morgan fingerprint density at radius 3 is 2.84 bits per heavy atom. The number of nitrogens with one attached hydrogen (secondary N) is 1. The number of amides is 1. The van der Waals surface area contributed by atoms with Gasteiger partial charge in [-0.05, 0) is 30.5 Å². The van der Waals surface area contributed by atoms with Crippen molar-refractivity contribution in [1.29, 1.82) is 0 Å². The van der Waals surface area contributed by atoms with E-state index in [2.05, 4.69) is 16.0 Å². The molecule has 2 saturated heterocycles. The number of H-pyrrole nitrogens is 1. The Kier molecular flexibility index (Phi) is 4.50. The van der Waals surface area contributed by atoms with E-state index >= 15 is 0 Å². The van der Waals surface area contributed by atoms with E-state index < -0.39 is 6.23 Å². The number of hydrogen-bond acceptors (Lipinski definition) is 4. The summed E-state index contributed by atoms with van der Waals surface area (Å²) < 4.78 is 0. The van der Waals surface area contributed by atoms with E-state index in [1.165, 1.54) is 5.69 Å². The van der Waals surface area contributed by atoms with Gasteiger partial charge in [-0.25, -0.2) is 0 Å². The molecule has 0 radical (unpaired) electrons. The van der Waals surface area contributed by atoms with Crippen LogP contribution in [-0.4, -0.2) is 57.7 Å². The minimum absolute atomic E-state index is 0.132. The summed E-state index contributed by atoms with van der Waals surface area (Å²) in [5.41, 5.74) is 8.02. The molecule has 0 aromatic carbocycles. The second kappa shape index (κ2) is 6.78. The van der Waals surface area contributed by atoms with Gasteiger partial charge in [-0.2, -0.15) is 0 Å². The maximum Gasteiger partial charge on any atom is 0.231 e. The number of nitrogens with two attached hydrogens (primary N) is 1. The molecular formula is C19H26N4O2. The summed E-state index contributed by atoms with van der Waals surface area (Å²) in [6.45, 7) is 3.61. The van der Waals surface area contributed by atoms with Crippen molar-refractivity contribution < 1.29 is 9.90 Å². The van der Waals surface area contributed by atoms with Crippen molar-refractivity contribution in [1.82, 2.24) is 14.8 Å². The van der Waals surface area contributed by atoms with Gasteiger partial charge in [0.1, 0.15) is 6.23 Å². The van der Waals surface area contributed by atoms with Crippen molar-refractivity contribution in [3.63, 3.8) is 0 Å². The molecule has 4 N–H and O–H groups in total. The molecular weight excluding hydrogens is 316 g/mol. The number of aliphatic hydroxyl groups is 1. The number of hydrogen-bond donors (Lipinski definition) is 3. The summed E-state index contributed by atoms with van der Waals surface area (Å²) in [4.78, 5) is 20.7. The Hall–Kier alpha value is -1.89. The van der Waals surface area contributed by atoms with Crippen molar-refractivity contribution in [2.45, 2.75) is 31.7 Å². The zero-order valence-corrected chi connectivity index (χ0v) is 14.3. The summed E-state index contributed by atoms with van der Waals surface area (Å²) in [5, 5.41) is 9.81. The van der Waals surface area contributed by atoms with Gasteiger partial charge in [0.05, 0.1) is 5.92 Å². The molecule has 0 spiro atoms. The first-order chi connectivity index (χ1) is 12.1. The van der Waals surface area contributed by atoms with Crippen molar-refractivity contribution in [2.75, 3.05) is 19.6 Å². The fourth-order valence-corrected chi connectivity index (χ4v) is 4.41. The van der Waals surface area contributed by atoms with Crippen LogP contribution in [0.5, 0.6) is 0 Å². The standard InChI is InChI=1S/C19H26N4O2/c20-18(24)16-5-1-3-13-11-23(19(25)17(13)16)15-6-9-22(10-7-15)12-14-4-2-8-21-14/h1-5,8,15-18,21,24H,6-7,9-12,20H2. The SMILES string of the molecule is NC(O)C1C=CC=C2CN(C3CCN(Cc4ccc[nH]4)CC3)C(=O)C21. The number of aromatic nitrogens is 1. The van der Waals surface area contributed by atoms with Crippen LogP contribution in [-0.2, 0) is 11.3 Å². The molecule has 3 atom stereocenters. The summed E-state index contributed by atoms with van der Waals surface area (Å²) in [5.74, 6) is -0.444. The number of carbonyl (C=O) groups excluding carboxylic acids is 1. The molecule has 6 nitrogen and oxygen atoms in total. The van der Waals surface area contributed by atoms with Crippen molar-refractivity contribution in [3.8, 4) is 0 Å².